The van der Waals surface area contributed by atoms with E-state index in [1.807, 2.05) is 50.1 Å². The molecule has 0 aliphatic carbocycles. The molecule has 2 atom stereocenters. The molecule has 0 unspecified atom stereocenters. The Hall–Kier alpha value is -3.57. The van der Waals surface area contributed by atoms with Crippen LogP contribution in [0.25, 0.3) is 10.6 Å². The van der Waals surface area contributed by atoms with E-state index in [4.69, 9.17) is 0 Å². The molecule has 2 N–H and O–H groups in total. The summed E-state index contributed by atoms with van der Waals surface area (Å²) in [5.74, 6) is 1.67. The van der Waals surface area contributed by atoms with Crippen LogP contribution >= 0.6 is 22.7 Å². The van der Waals surface area contributed by atoms with Gasteiger partial charge >= 0.3 is 0 Å². The molecule has 0 spiro atoms. The van der Waals surface area contributed by atoms with E-state index in [9.17, 15) is 9.59 Å². The molecule has 2 saturated heterocycles. The third-order valence-electron chi connectivity index (χ3n) is 6.99. The molecule has 2 bridgehead atoms. The van der Waals surface area contributed by atoms with Gasteiger partial charge in [0, 0.05) is 36.8 Å². The third-order valence-corrected chi connectivity index (χ3v) is 8.84. The highest BCUT2D eigenvalue weighted by molar-refractivity contribution is 7.16. The van der Waals surface area contributed by atoms with E-state index in [2.05, 4.69) is 42.5 Å². The van der Waals surface area contributed by atoms with Gasteiger partial charge in [-0.05, 0) is 58.2 Å². The van der Waals surface area contributed by atoms with Crippen molar-refractivity contribution in [2.24, 2.45) is 0 Å². The molecule has 4 aromatic heterocycles. The van der Waals surface area contributed by atoms with Crippen molar-refractivity contribution in [1.29, 1.82) is 0 Å². The lowest BCUT2D eigenvalue weighted by molar-refractivity contribution is -0.124. The number of carbonyl (C=O) groups is 1. The summed E-state index contributed by atoms with van der Waals surface area (Å²) in [4.78, 5) is 44.0. The topological polar surface area (TPSA) is 107 Å². The van der Waals surface area contributed by atoms with Crippen molar-refractivity contribution in [3.8, 4) is 10.6 Å². The smallest absolute Gasteiger partial charge is 0.249 e. The molecule has 0 radical (unpaired) electrons. The number of nitrogens with one attached hydrogen (secondary N) is 2. The standard InChI is InChI=1S/C14H14N4S2.C13H17N3O2/c1-8-4-5-12(15-6-8)18-14-17-11(7-19-14)13-9(2)16-10(3)20-13;1-13-6-5-10(16(13)9-17)7-15(8-13)11-3-2-4-12(18)14-11/h4-7H,1-3H3,(H,15,17,18);2-4,9-10H,5-8H2,1H3,(H,14,18)/t;10-,13+/m.0/s1. The first-order valence-electron chi connectivity index (χ1n) is 12.5. The van der Waals surface area contributed by atoms with Crippen molar-refractivity contribution >= 4 is 45.9 Å². The van der Waals surface area contributed by atoms with Crippen LogP contribution in [-0.4, -0.2) is 55.9 Å². The molecule has 1 amide bonds. The molecule has 6 heterocycles. The maximum atomic E-state index is 11.4. The molecular weight excluding hydrogens is 518 g/mol. The molecule has 4 aromatic rings. The molecular formula is C27H31N7O2S2. The zero-order chi connectivity index (χ0) is 26.9. The van der Waals surface area contributed by atoms with E-state index >= 15 is 0 Å². The summed E-state index contributed by atoms with van der Waals surface area (Å²) < 4.78 is 0. The first kappa shape index (κ1) is 26.1. The lowest BCUT2D eigenvalue weighted by Gasteiger charge is -2.46. The number of pyridine rings is 2. The minimum Gasteiger partial charge on any atom is -0.354 e. The summed E-state index contributed by atoms with van der Waals surface area (Å²) in [6.07, 6.45) is 4.89. The van der Waals surface area contributed by atoms with Gasteiger partial charge < -0.3 is 20.1 Å². The molecule has 198 valence electrons. The summed E-state index contributed by atoms with van der Waals surface area (Å²) in [5.41, 5.74) is 2.98. The van der Waals surface area contributed by atoms with Crippen LogP contribution in [0.2, 0.25) is 0 Å². The summed E-state index contributed by atoms with van der Waals surface area (Å²) in [5, 5.41) is 7.20. The van der Waals surface area contributed by atoms with E-state index in [0.29, 0.717) is 0 Å². The fourth-order valence-electron chi connectivity index (χ4n) is 5.13. The molecule has 2 fully saturated rings. The Morgan fingerprint density at radius 2 is 2.03 bits per heavy atom. The SMILES string of the molecule is C[C@@]12CC[C@@H](CN(c3cccc(=O)[nH]3)C1)N2C=O.Cc1ccc(Nc2nc(-c3sc(C)nc3C)cs2)nc1. The van der Waals surface area contributed by atoms with Crippen LogP contribution in [0.5, 0.6) is 0 Å². The second kappa shape index (κ2) is 10.7. The van der Waals surface area contributed by atoms with Gasteiger partial charge in [-0.2, -0.15) is 0 Å². The number of rotatable bonds is 5. The number of nitrogens with zero attached hydrogens (tertiary/aromatic N) is 5. The van der Waals surface area contributed by atoms with Crippen LogP contribution in [0.1, 0.15) is 36.0 Å². The lowest BCUT2D eigenvalue weighted by Crippen LogP contribution is -2.60. The average molecular weight is 550 g/mol. The van der Waals surface area contributed by atoms with Crippen LogP contribution in [0.15, 0.2) is 46.7 Å². The van der Waals surface area contributed by atoms with Crippen molar-refractivity contribution in [2.75, 3.05) is 23.3 Å². The van der Waals surface area contributed by atoms with Crippen molar-refractivity contribution in [3.05, 3.63) is 68.5 Å². The van der Waals surface area contributed by atoms with E-state index in [1.54, 1.807) is 28.7 Å². The number of aromatic amines is 1. The Morgan fingerprint density at radius 3 is 2.68 bits per heavy atom. The predicted molar refractivity (Wildman–Crippen MR) is 154 cm³/mol. The fraction of sp³-hybridized carbons (Fsp3) is 0.370. The number of aromatic nitrogens is 4. The lowest BCUT2D eigenvalue weighted by atomic mass is 9.98. The minimum atomic E-state index is -0.0998. The van der Waals surface area contributed by atoms with Gasteiger partial charge in [0.2, 0.25) is 12.0 Å². The Balaban J connectivity index is 0.000000156. The second-order valence-corrected chi connectivity index (χ2v) is 12.1. The van der Waals surface area contributed by atoms with Crippen LogP contribution < -0.4 is 15.8 Å². The van der Waals surface area contributed by atoms with Crippen LogP contribution in [0.3, 0.4) is 0 Å². The number of aryl methyl sites for hydroxylation is 3. The minimum absolute atomic E-state index is 0.0807. The van der Waals surface area contributed by atoms with Gasteiger partial charge in [-0.25, -0.2) is 15.0 Å². The molecule has 11 heteroatoms. The zero-order valence-electron chi connectivity index (χ0n) is 21.9. The Kier molecular flexibility index (Phi) is 7.31. The average Bonchev–Trinajstić information content (AvgIpc) is 3.54. The third kappa shape index (κ3) is 5.48. The molecule has 0 aromatic carbocycles. The van der Waals surface area contributed by atoms with Crippen LogP contribution in [0.4, 0.5) is 16.8 Å². The predicted octanol–water partition coefficient (Wildman–Crippen LogP) is 4.90. The largest absolute Gasteiger partial charge is 0.354 e. The number of amides is 1. The quantitative estimate of drug-likeness (QED) is 0.341. The molecule has 2 aliphatic rings. The highest BCUT2D eigenvalue weighted by Crippen LogP contribution is 2.38. The maximum absolute atomic E-state index is 11.4. The monoisotopic (exact) mass is 549 g/mol. The molecule has 6 rings (SSSR count). The number of fused-ring (bicyclic) bond motifs is 2. The van der Waals surface area contributed by atoms with Crippen molar-refractivity contribution in [1.82, 2.24) is 24.8 Å². The first-order chi connectivity index (χ1) is 18.2. The number of hydrogen-bond acceptors (Lipinski definition) is 9. The second-order valence-electron chi connectivity index (χ2n) is 10.0. The van der Waals surface area contributed by atoms with Crippen molar-refractivity contribution < 1.29 is 4.79 Å². The van der Waals surface area contributed by atoms with Gasteiger partial charge in [0.05, 0.1) is 26.8 Å². The van der Waals surface area contributed by atoms with Crippen molar-refractivity contribution in [2.45, 2.75) is 52.1 Å². The van der Waals surface area contributed by atoms with Gasteiger partial charge in [-0.1, -0.05) is 12.1 Å². The highest BCUT2D eigenvalue weighted by Gasteiger charge is 2.47. The van der Waals surface area contributed by atoms with E-state index in [0.717, 1.165) is 75.9 Å². The maximum Gasteiger partial charge on any atom is 0.249 e. The van der Waals surface area contributed by atoms with E-state index < -0.39 is 0 Å². The molecule has 0 saturated carbocycles. The van der Waals surface area contributed by atoms with Gasteiger partial charge in [0.15, 0.2) is 5.13 Å². The number of thiazole rings is 2. The van der Waals surface area contributed by atoms with Crippen LogP contribution in [0, 0.1) is 20.8 Å². The van der Waals surface area contributed by atoms with Gasteiger partial charge in [0.25, 0.3) is 0 Å². The van der Waals surface area contributed by atoms with Gasteiger partial charge in [0.1, 0.15) is 11.6 Å². The molecule has 9 nitrogen and oxygen atoms in total. The summed E-state index contributed by atoms with van der Waals surface area (Å²) in [6, 6.07) is 9.45. The molecule has 2 aliphatic heterocycles. The number of piperazine rings is 1. The van der Waals surface area contributed by atoms with E-state index in [-0.39, 0.29) is 17.1 Å². The van der Waals surface area contributed by atoms with Crippen LogP contribution in [-0.2, 0) is 4.79 Å². The van der Waals surface area contributed by atoms with Gasteiger partial charge in [-0.15, -0.1) is 22.7 Å². The van der Waals surface area contributed by atoms with E-state index in [1.165, 1.54) is 6.07 Å². The number of H-pyrrole nitrogens is 1. The summed E-state index contributed by atoms with van der Waals surface area (Å²) in [6.45, 7) is 9.76. The molecule has 38 heavy (non-hydrogen) atoms. The number of hydrogen-bond donors (Lipinski definition) is 2. The zero-order valence-corrected chi connectivity index (χ0v) is 23.5. The first-order valence-corrected chi connectivity index (χ1v) is 14.2. The summed E-state index contributed by atoms with van der Waals surface area (Å²) >= 11 is 3.26. The Bertz CT molecular complexity index is 1480. The highest BCUT2D eigenvalue weighted by atomic mass is 32.1. The Labute approximate surface area is 229 Å². The Morgan fingerprint density at radius 1 is 1.18 bits per heavy atom. The summed E-state index contributed by atoms with van der Waals surface area (Å²) in [7, 11) is 0. The fourth-order valence-corrected chi connectivity index (χ4v) is 6.79. The number of carbonyl (C=O) groups excluding carboxylic acids is 1. The van der Waals surface area contributed by atoms with Crippen molar-refractivity contribution in [3.63, 3.8) is 0 Å². The normalized spacial score (nSPS) is 20.2. The number of anilines is 3. The van der Waals surface area contributed by atoms with Gasteiger partial charge in [-0.3, -0.25) is 9.59 Å².